The lowest BCUT2D eigenvalue weighted by molar-refractivity contribution is 0.610. The molecule has 1 heterocycles. The molecule has 68 valence electrons. The summed E-state index contributed by atoms with van der Waals surface area (Å²) in [5, 5.41) is 1.12. The van der Waals surface area contributed by atoms with Gasteiger partial charge in [-0.1, -0.05) is 15.9 Å². The molecule has 0 saturated heterocycles. The van der Waals surface area contributed by atoms with E-state index in [1.54, 1.807) is 6.26 Å². The Morgan fingerprint density at radius 2 is 2.23 bits per heavy atom. The summed E-state index contributed by atoms with van der Waals surface area (Å²) in [7, 11) is 0. The highest BCUT2D eigenvalue weighted by Gasteiger charge is 2.04. The normalized spacial score (nSPS) is 10.9. The van der Waals surface area contributed by atoms with Crippen molar-refractivity contribution in [2.75, 3.05) is 6.54 Å². The Kier molecular flexibility index (Phi) is 2.38. The van der Waals surface area contributed by atoms with E-state index >= 15 is 0 Å². The van der Waals surface area contributed by atoms with Gasteiger partial charge in [-0.2, -0.15) is 0 Å². The summed E-state index contributed by atoms with van der Waals surface area (Å²) in [5.74, 6) is 0. The second kappa shape index (κ2) is 3.52. The van der Waals surface area contributed by atoms with Crippen LogP contribution in [-0.2, 0) is 6.42 Å². The van der Waals surface area contributed by atoms with Crippen LogP contribution in [-0.4, -0.2) is 6.54 Å². The second-order valence-corrected chi connectivity index (χ2v) is 3.86. The predicted octanol–water partition coefficient (Wildman–Crippen LogP) is 2.70. The monoisotopic (exact) mass is 239 g/mol. The smallest absolute Gasteiger partial charge is 0.137 e. The van der Waals surface area contributed by atoms with E-state index in [0.29, 0.717) is 6.54 Å². The Morgan fingerprint density at radius 1 is 1.38 bits per heavy atom. The Labute approximate surface area is 84.8 Å². The van der Waals surface area contributed by atoms with Gasteiger partial charge >= 0.3 is 0 Å². The van der Waals surface area contributed by atoms with Crippen LogP contribution in [0.3, 0.4) is 0 Å². The van der Waals surface area contributed by atoms with Crippen LogP contribution >= 0.6 is 15.9 Å². The average molecular weight is 240 g/mol. The zero-order chi connectivity index (χ0) is 9.26. The molecule has 0 spiro atoms. The van der Waals surface area contributed by atoms with Gasteiger partial charge in [0.25, 0.3) is 0 Å². The number of furan rings is 1. The van der Waals surface area contributed by atoms with Crippen LogP contribution in [0.15, 0.2) is 33.4 Å². The van der Waals surface area contributed by atoms with Crippen molar-refractivity contribution in [1.29, 1.82) is 0 Å². The maximum Gasteiger partial charge on any atom is 0.137 e. The average Bonchev–Trinajstić information content (AvgIpc) is 2.52. The molecule has 0 bridgehead atoms. The highest BCUT2D eigenvalue weighted by molar-refractivity contribution is 9.10. The van der Waals surface area contributed by atoms with E-state index in [1.807, 2.05) is 12.1 Å². The molecule has 13 heavy (non-hydrogen) atoms. The molecule has 0 aliphatic rings. The number of halogens is 1. The summed E-state index contributed by atoms with van der Waals surface area (Å²) >= 11 is 3.46. The lowest BCUT2D eigenvalue weighted by atomic mass is 10.1. The Morgan fingerprint density at radius 3 is 3.00 bits per heavy atom. The second-order valence-electron chi connectivity index (χ2n) is 2.94. The van der Waals surface area contributed by atoms with Crippen molar-refractivity contribution < 1.29 is 4.42 Å². The molecule has 0 amide bonds. The number of hydrogen-bond donors (Lipinski definition) is 1. The van der Waals surface area contributed by atoms with Gasteiger partial charge in [0.1, 0.15) is 5.58 Å². The Hall–Kier alpha value is -0.800. The topological polar surface area (TPSA) is 39.2 Å². The largest absolute Gasteiger partial charge is 0.464 e. The Bertz CT molecular complexity index is 422. The van der Waals surface area contributed by atoms with E-state index in [9.17, 15) is 0 Å². The van der Waals surface area contributed by atoms with Gasteiger partial charge in [-0.15, -0.1) is 0 Å². The summed E-state index contributed by atoms with van der Waals surface area (Å²) in [6.07, 6.45) is 2.56. The molecule has 0 atom stereocenters. The minimum Gasteiger partial charge on any atom is -0.464 e. The first-order valence-electron chi connectivity index (χ1n) is 4.17. The van der Waals surface area contributed by atoms with Crippen molar-refractivity contribution in [3.8, 4) is 0 Å². The lowest BCUT2D eigenvalue weighted by Gasteiger charge is -2.00. The van der Waals surface area contributed by atoms with Crippen LogP contribution in [0.4, 0.5) is 0 Å². The zero-order valence-corrected chi connectivity index (χ0v) is 8.67. The van der Waals surface area contributed by atoms with Gasteiger partial charge < -0.3 is 10.2 Å². The quantitative estimate of drug-likeness (QED) is 0.876. The first-order chi connectivity index (χ1) is 6.31. The van der Waals surface area contributed by atoms with Crippen LogP contribution < -0.4 is 5.73 Å². The lowest BCUT2D eigenvalue weighted by Crippen LogP contribution is -2.02. The molecule has 2 N–H and O–H groups in total. The molecule has 1 aromatic heterocycles. The van der Waals surface area contributed by atoms with E-state index < -0.39 is 0 Å². The maximum absolute atomic E-state index is 5.51. The van der Waals surface area contributed by atoms with Crippen molar-refractivity contribution >= 4 is 26.9 Å². The highest BCUT2D eigenvalue weighted by atomic mass is 79.9. The first kappa shape index (κ1) is 8.78. The molecule has 0 radical (unpaired) electrons. The van der Waals surface area contributed by atoms with Crippen molar-refractivity contribution in [2.45, 2.75) is 6.42 Å². The molecule has 2 aromatic rings. The molecule has 0 fully saturated rings. The summed E-state index contributed by atoms with van der Waals surface area (Å²) < 4.78 is 6.45. The Balaban J connectivity index is 2.63. The summed E-state index contributed by atoms with van der Waals surface area (Å²) in [5.41, 5.74) is 7.63. The highest BCUT2D eigenvalue weighted by Crippen LogP contribution is 2.25. The van der Waals surface area contributed by atoms with Gasteiger partial charge in [0, 0.05) is 9.86 Å². The van der Waals surface area contributed by atoms with E-state index in [2.05, 4.69) is 22.0 Å². The first-order valence-corrected chi connectivity index (χ1v) is 4.96. The SMILES string of the molecule is NCCc1cc(Br)cc2ccoc12. The van der Waals surface area contributed by atoms with Crippen LogP contribution in [0.25, 0.3) is 11.0 Å². The van der Waals surface area contributed by atoms with Crippen LogP contribution in [0.2, 0.25) is 0 Å². The molecule has 2 nitrogen and oxygen atoms in total. The molecule has 2 rings (SSSR count). The van der Waals surface area contributed by atoms with Gasteiger partial charge in [-0.25, -0.2) is 0 Å². The van der Waals surface area contributed by atoms with Gasteiger partial charge in [0.2, 0.25) is 0 Å². The maximum atomic E-state index is 5.51. The van der Waals surface area contributed by atoms with Crippen LogP contribution in [0.5, 0.6) is 0 Å². The molecule has 3 heteroatoms. The molecular formula is C10H10BrNO. The number of nitrogens with two attached hydrogens (primary N) is 1. The fraction of sp³-hybridized carbons (Fsp3) is 0.200. The van der Waals surface area contributed by atoms with Crippen molar-refractivity contribution in [1.82, 2.24) is 0 Å². The minimum absolute atomic E-state index is 0.645. The summed E-state index contributed by atoms with van der Waals surface area (Å²) in [6.45, 7) is 0.645. The third kappa shape index (κ3) is 1.62. The van der Waals surface area contributed by atoms with E-state index in [-0.39, 0.29) is 0 Å². The van der Waals surface area contributed by atoms with Gasteiger partial charge in [-0.3, -0.25) is 0 Å². The van der Waals surface area contributed by atoms with Crippen molar-refractivity contribution in [3.63, 3.8) is 0 Å². The van der Waals surface area contributed by atoms with Gasteiger partial charge in [-0.05, 0) is 36.7 Å². The third-order valence-corrected chi connectivity index (χ3v) is 2.46. The summed E-state index contributed by atoms with van der Waals surface area (Å²) in [4.78, 5) is 0. The molecule has 0 unspecified atom stereocenters. The van der Waals surface area contributed by atoms with E-state index in [0.717, 1.165) is 27.4 Å². The predicted molar refractivity (Wildman–Crippen MR) is 56.7 cm³/mol. The number of fused-ring (bicyclic) bond motifs is 1. The number of benzene rings is 1. The van der Waals surface area contributed by atoms with E-state index in [4.69, 9.17) is 10.2 Å². The molecular weight excluding hydrogens is 230 g/mol. The van der Waals surface area contributed by atoms with Crippen LogP contribution in [0, 0.1) is 0 Å². The molecule has 0 aliphatic carbocycles. The molecule has 0 aliphatic heterocycles. The summed E-state index contributed by atoms with van der Waals surface area (Å²) in [6, 6.07) is 6.05. The fourth-order valence-electron chi connectivity index (χ4n) is 1.46. The third-order valence-electron chi connectivity index (χ3n) is 2.01. The molecule has 1 aromatic carbocycles. The van der Waals surface area contributed by atoms with Crippen LogP contribution in [0.1, 0.15) is 5.56 Å². The standard InChI is InChI=1S/C10H10BrNO/c11-9-5-7(1-3-12)10-8(6-9)2-4-13-10/h2,4-6H,1,3,12H2. The zero-order valence-electron chi connectivity index (χ0n) is 7.09. The molecule has 0 saturated carbocycles. The number of hydrogen-bond acceptors (Lipinski definition) is 2. The van der Waals surface area contributed by atoms with Gasteiger partial charge in [0.15, 0.2) is 0 Å². The van der Waals surface area contributed by atoms with E-state index in [1.165, 1.54) is 0 Å². The van der Waals surface area contributed by atoms with Crippen molar-refractivity contribution in [2.24, 2.45) is 5.73 Å². The minimum atomic E-state index is 0.645. The van der Waals surface area contributed by atoms with Crippen molar-refractivity contribution in [3.05, 3.63) is 34.5 Å². The number of rotatable bonds is 2. The van der Waals surface area contributed by atoms with Gasteiger partial charge in [0.05, 0.1) is 6.26 Å². The fourth-order valence-corrected chi connectivity index (χ4v) is 1.98.